The molecule has 0 aromatic heterocycles. The molecule has 2 saturated heterocycles. The van der Waals surface area contributed by atoms with Crippen molar-refractivity contribution >= 4 is 11.9 Å². The van der Waals surface area contributed by atoms with Gasteiger partial charge in [-0.2, -0.15) is 0 Å². The molecule has 1 amide bonds. The number of morpholine rings is 1. The second-order valence-corrected chi connectivity index (χ2v) is 4.73. The summed E-state index contributed by atoms with van der Waals surface area (Å²) >= 11 is 0. The molecule has 18 heavy (non-hydrogen) atoms. The molecular weight excluding hydrogens is 238 g/mol. The smallest absolute Gasteiger partial charge is 0.334 e. The number of amides is 1. The van der Waals surface area contributed by atoms with Crippen LogP contribution >= 0.6 is 0 Å². The molecule has 6 heteroatoms. The summed E-state index contributed by atoms with van der Waals surface area (Å²) in [6, 6.07) is 0. The zero-order valence-electron chi connectivity index (χ0n) is 10.3. The Balaban J connectivity index is 1.82. The Hall–Kier alpha value is -1.14. The normalized spacial score (nSPS) is 29.0. The summed E-state index contributed by atoms with van der Waals surface area (Å²) < 4.78 is 10.6. The van der Waals surface area contributed by atoms with Gasteiger partial charge in [-0.15, -0.1) is 0 Å². The van der Waals surface area contributed by atoms with E-state index in [2.05, 4.69) is 0 Å². The highest BCUT2D eigenvalue weighted by atomic mass is 16.5. The molecule has 2 aliphatic heterocycles. The van der Waals surface area contributed by atoms with Gasteiger partial charge >= 0.3 is 5.97 Å². The molecular formula is C12H19NO5. The summed E-state index contributed by atoms with van der Waals surface area (Å²) in [6.07, 6.45) is 2.53. The second-order valence-electron chi connectivity index (χ2n) is 4.73. The molecule has 2 fully saturated rings. The average molecular weight is 257 g/mol. The van der Waals surface area contributed by atoms with E-state index in [1.807, 2.05) is 0 Å². The molecule has 0 radical (unpaired) electrons. The van der Waals surface area contributed by atoms with Crippen LogP contribution in [0.3, 0.4) is 0 Å². The van der Waals surface area contributed by atoms with Crippen LogP contribution in [0.1, 0.15) is 25.7 Å². The average Bonchev–Trinajstić information content (AvgIpc) is 2.40. The van der Waals surface area contributed by atoms with E-state index in [0.29, 0.717) is 13.0 Å². The van der Waals surface area contributed by atoms with E-state index in [9.17, 15) is 9.59 Å². The third kappa shape index (κ3) is 3.43. The first-order valence-corrected chi connectivity index (χ1v) is 6.40. The first kappa shape index (κ1) is 13.3. The first-order chi connectivity index (χ1) is 8.66. The van der Waals surface area contributed by atoms with Crippen molar-refractivity contribution in [2.45, 2.75) is 37.9 Å². The molecule has 2 rings (SSSR count). The molecule has 0 spiro atoms. The van der Waals surface area contributed by atoms with Crippen LogP contribution < -0.4 is 0 Å². The minimum absolute atomic E-state index is 0.00243. The maximum atomic E-state index is 12.0. The van der Waals surface area contributed by atoms with Gasteiger partial charge in [0.1, 0.15) is 0 Å². The summed E-state index contributed by atoms with van der Waals surface area (Å²) in [5.74, 6) is -1.04. The van der Waals surface area contributed by atoms with Crippen molar-refractivity contribution in [1.29, 1.82) is 0 Å². The predicted octanol–water partition coefficient (Wildman–Crippen LogP) is 0.258. The number of hydrogen-bond donors (Lipinski definition) is 1. The van der Waals surface area contributed by atoms with Crippen molar-refractivity contribution in [2.24, 2.45) is 0 Å². The number of hydrogen-bond acceptors (Lipinski definition) is 4. The summed E-state index contributed by atoms with van der Waals surface area (Å²) in [5, 5.41) is 8.87. The molecule has 0 aliphatic carbocycles. The van der Waals surface area contributed by atoms with Gasteiger partial charge in [0.15, 0.2) is 6.10 Å². The van der Waals surface area contributed by atoms with Gasteiger partial charge in [0.2, 0.25) is 5.91 Å². The number of rotatable bonds is 3. The molecule has 2 atom stereocenters. The Labute approximate surface area is 106 Å². The Bertz CT molecular complexity index is 314. The monoisotopic (exact) mass is 257 g/mol. The lowest BCUT2D eigenvalue weighted by atomic mass is 10.1. The highest BCUT2D eigenvalue weighted by Crippen LogP contribution is 2.17. The van der Waals surface area contributed by atoms with Crippen LogP contribution in [0.15, 0.2) is 0 Å². The molecule has 2 heterocycles. The molecule has 0 saturated carbocycles. The van der Waals surface area contributed by atoms with E-state index in [0.717, 1.165) is 25.9 Å². The highest BCUT2D eigenvalue weighted by molar-refractivity contribution is 5.79. The maximum absolute atomic E-state index is 12.0. The molecule has 0 aromatic carbocycles. The Kier molecular flexibility index (Phi) is 4.54. The topological polar surface area (TPSA) is 76.1 Å². The van der Waals surface area contributed by atoms with Crippen LogP contribution in [0.25, 0.3) is 0 Å². The van der Waals surface area contributed by atoms with Crippen molar-refractivity contribution in [1.82, 2.24) is 4.90 Å². The summed E-state index contributed by atoms with van der Waals surface area (Å²) in [7, 11) is 0. The van der Waals surface area contributed by atoms with Gasteiger partial charge in [-0.3, -0.25) is 4.79 Å². The zero-order chi connectivity index (χ0) is 13.0. The first-order valence-electron chi connectivity index (χ1n) is 6.40. The summed E-state index contributed by atoms with van der Waals surface area (Å²) in [5.41, 5.74) is 0. The molecule has 6 nitrogen and oxygen atoms in total. The number of carboxylic acids is 1. The van der Waals surface area contributed by atoms with Gasteiger partial charge in [-0.25, -0.2) is 4.79 Å². The summed E-state index contributed by atoms with van der Waals surface area (Å²) in [6.45, 7) is 1.61. The number of aliphatic carboxylic acids is 1. The van der Waals surface area contributed by atoms with E-state index in [1.165, 1.54) is 0 Å². The van der Waals surface area contributed by atoms with Crippen molar-refractivity contribution in [3.05, 3.63) is 0 Å². The van der Waals surface area contributed by atoms with Gasteiger partial charge in [-0.1, -0.05) is 0 Å². The van der Waals surface area contributed by atoms with Gasteiger partial charge in [0, 0.05) is 13.2 Å². The van der Waals surface area contributed by atoms with Gasteiger partial charge in [-0.05, 0) is 19.3 Å². The molecule has 0 aromatic rings. The Morgan fingerprint density at radius 1 is 1.22 bits per heavy atom. The van der Waals surface area contributed by atoms with Crippen molar-refractivity contribution in [3.63, 3.8) is 0 Å². The van der Waals surface area contributed by atoms with Crippen molar-refractivity contribution in [2.75, 3.05) is 26.3 Å². The minimum Gasteiger partial charge on any atom is -0.479 e. The minimum atomic E-state index is -1.01. The number of nitrogens with zero attached hydrogens (tertiary/aromatic N) is 1. The Morgan fingerprint density at radius 2 is 2.06 bits per heavy atom. The summed E-state index contributed by atoms with van der Waals surface area (Å²) in [4.78, 5) is 24.4. The maximum Gasteiger partial charge on any atom is 0.334 e. The number of carbonyl (C=O) groups is 2. The van der Waals surface area contributed by atoms with E-state index in [4.69, 9.17) is 14.6 Å². The van der Waals surface area contributed by atoms with E-state index < -0.39 is 12.1 Å². The third-order valence-corrected chi connectivity index (χ3v) is 3.37. The number of ether oxygens (including phenoxy) is 2. The van der Waals surface area contributed by atoms with Crippen LogP contribution in [0.4, 0.5) is 0 Å². The quantitative estimate of drug-likeness (QED) is 0.784. The van der Waals surface area contributed by atoms with E-state index >= 15 is 0 Å². The molecule has 102 valence electrons. The van der Waals surface area contributed by atoms with Gasteiger partial charge < -0.3 is 19.5 Å². The molecule has 0 bridgehead atoms. The zero-order valence-corrected chi connectivity index (χ0v) is 10.3. The predicted molar refractivity (Wildman–Crippen MR) is 62.2 cm³/mol. The van der Waals surface area contributed by atoms with Crippen LogP contribution in [-0.2, 0) is 19.1 Å². The van der Waals surface area contributed by atoms with Crippen LogP contribution in [0, 0.1) is 0 Å². The fraction of sp³-hybridized carbons (Fsp3) is 0.833. The fourth-order valence-electron chi connectivity index (χ4n) is 2.32. The van der Waals surface area contributed by atoms with E-state index in [1.54, 1.807) is 4.90 Å². The van der Waals surface area contributed by atoms with Crippen molar-refractivity contribution in [3.8, 4) is 0 Å². The van der Waals surface area contributed by atoms with Gasteiger partial charge in [0.25, 0.3) is 0 Å². The number of carboxylic acid groups (broad SMARTS) is 1. The molecule has 2 unspecified atom stereocenters. The highest BCUT2D eigenvalue weighted by Gasteiger charge is 2.30. The lowest BCUT2D eigenvalue weighted by Crippen LogP contribution is -2.49. The standard InChI is InChI=1S/C12H19NO5/c14-11(7-9-3-1-2-5-17-9)13-4-6-18-10(8-13)12(15)16/h9-10H,1-8H2,(H,15,16). The largest absolute Gasteiger partial charge is 0.479 e. The second kappa shape index (κ2) is 6.15. The lowest BCUT2D eigenvalue weighted by molar-refractivity contribution is -0.160. The lowest BCUT2D eigenvalue weighted by Gasteiger charge is -2.32. The van der Waals surface area contributed by atoms with Crippen LogP contribution in [-0.4, -0.2) is 60.4 Å². The fourth-order valence-corrected chi connectivity index (χ4v) is 2.32. The van der Waals surface area contributed by atoms with Crippen LogP contribution in [0.2, 0.25) is 0 Å². The Morgan fingerprint density at radius 3 is 2.72 bits per heavy atom. The van der Waals surface area contributed by atoms with Crippen molar-refractivity contribution < 1.29 is 24.2 Å². The molecule has 1 N–H and O–H groups in total. The van der Waals surface area contributed by atoms with E-state index in [-0.39, 0.29) is 25.2 Å². The SMILES string of the molecule is O=C(O)C1CN(C(=O)CC2CCCCO2)CCO1. The molecule has 2 aliphatic rings. The van der Waals surface area contributed by atoms with Crippen LogP contribution in [0.5, 0.6) is 0 Å². The van der Waals surface area contributed by atoms with Gasteiger partial charge in [0.05, 0.1) is 25.7 Å². The number of carbonyl (C=O) groups excluding carboxylic acids is 1. The third-order valence-electron chi connectivity index (χ3n) is 3.37.